The van der Waals surface area contributed by atoms with Gasteiger partial charge in [0.1, 0.15) is 5.82 Å². The number of nitrogens with one attached hydrogen (secondary N) is 1. The lowest BCUT2D eigenvalue weighted by molar-refractivity contribution is -0.384. The Morgan fingerprint density at radius 2 is 1.89 bits per heavy atom. The van der Waals surface area contributed by atoms with Crippen LogP contribution in [0.3, 0.4) is 0 Å². The summed E-state index contributed by atoms with van der Waals surface area (Å²) >= 11 is 8.90. The molecule has 0 bridgehead atoms. The fourth-order valence-electron chi connectivity index (χ4n) is 2.13. The second kappa shape index (κ2) is 11.2. The first-order valence-corrected chi connectivity index (χ1v) is 10.7. The highest BCUT2D eigenvalue weighted by molar-refractivity contribution is 7.99. The SMILES string of the molecule is O=C(CSCc1ccc([N+](=O)[O-])cc1)NCCSCc1c(F)cccc1Cl. The van der Waals surface area contributed by atoms with Crippen LogP contribution in [0.1, 0.15) is 11.1 Å². The van der Waals surface area contributed by atoms with Crippen molar-refractivity contribution in [2.24, 2.45) is 0 Å². The van der Waals surface area contributed by atoms with Crippen molar-refractivity contribution in [1.82, 2.24) is 5.32 Å². The monoisotopic (exact) mass is 428 g/mol. The van der Waals surface area contributed by atoms with Gasteiger partial charge in [-0.2, -0.15) is 11.8 Å². The number of nitrogens with zero attached hydrogens (tertiary/aromatic N) is 1. The standard InChI is InChI=1S/C18H18ClFN2O3S2/c19-16-2-1-3-17(20)15(16)11-26-9-8-21-18(23)12-27-10-13-4-6-14(7-5-13)22(24)25/h1-7H,8-12H2,(H,21,23). The van der Waals surface area contributed by atoms with E-state index in [-0.39, 0.29) is 17.4 Å². The number of non-ortho nitro benzene ring substituents is 1. The van der Waals surface area contributed by atoms with Gasteiger partial charge in [-0.1, -0.05) is 29.8 Å². The molecule has 0 saturated heterocycles. The van der Waals surface area contributed by atoms with Gasteiger partial charge in [0.25, 0.3) is 5.69 Å². The fourth-order valence-corrected chi connectivity index (χ4v) is 4.15. The fraction of sp³-hybridized carbons (Fsp3) is 0.278. The third-order valence-electron chi connectivity index (χ3n) is 3.53. The van der Waals surface area contributed by atoms with E-state index in [9.17, 15) is 19.3 Å². The van der Waals surface area contributed by atoms with Crippen molar-refractivity contribution < 1.29 is 14.1 Å². The molecule has 1 N–H and O–H groups in total. The van der Waals surface area contributed by atoms with Crippen LogP contribution in [0.25, 0.3) is 0 Å². The van der Waals surface area contributed by atoms with Gasteiger partial charge < -0.3 is 5.32 Å². The molecular formula is C18H18ClFN2O3S2. The van der Waals surface area contributed by atoms with Crippen molar-refractivity contribution in [3.63, 3.8) is 0 Å². The van der Waals surface area contributed by atoms with Crippen LogP contribution in [0.5, 0.6) is 0 Å². The van der Waals surface area contributed by atoms with Gasteiger partial charge in [0.05, 0.1) is 10.7 Å². The van der Waals surface area contributed by atoms with Crippen LogP contribution in [0.2, 0.25) is 5.02 Å². The van der Waals surface area contributed by atoms with Crippen LogP contribution in [-0.4, -0.2) is 28.9 Å². The zero-order valence-electron chi connectivity index (χ0n) is 14.3. The maximum absolute atomic E-state index is 13.6. The normalized spacial score (nSPS) is 10.6. The van der Waals surface area contributed by atoms with Crippen LogP contribution >= 0.6 is 35.1 Å². The minimum absolute atomic E-state index is 0.0515. The number of nitro benzene ring substituents is 1. The number of benzene rings is 2. The highest BCUT2D eigenvalue weighted by Gasteiger charge is 2.07. The molecule has 0 aliphatic heterocycles. The molecule has 0 aromatic heterocycles. The highest BCUT2D eigenvalue weighted by Crippen LogP contribution is 2.23. The predicted octanol–water partition coefficient (Wildman–Crippen LogP) is 4.67. The maximum atomic E-state index is 13.6. The Balaban J connectivity index is 1.59. The summed E-state index contributed by atoms with van der Waals surface area (Å²) in [7, 11) is 0. The molecule has 0 heterocycles. The van der Waals surface area contributed by atoms with E-state index in [0.29, 0.717) is 40.1 Å². The molecule has 0 aliphatic carbocycles. The Kier molecular flexibility index (Phi) is 8.90. The van der Waals surface area contributed by atoms with Crippen molar-refractivity contribution in [2.75, 3.05) is 18.1 Å². The maximum Gasteiger partial charge on any atom is 0.269 e. The minimum Gasteiger partial charge on any atom is -0.355 e. The molecule has 0 spiro atoms. The molecule has 9 heteroatoms. The quantitative estimate of drug-likeness (QED) is 0.338. The molecular weight excluding hydrogens is 411 g/mol. The van der Waals surface area contributed by atoms with E-state index in [0.717, 1.165) is 5.56 Å². The zero-order chi connectivity index (χ0) is 19.6. The van der Waals surface area contributed by atoms with E-state index in [1.54, 1.807) is 24.3 Å². The van der Waals surface area contributed by atoms with E-state index in [1.165, 1.54) is 41.7 Å². The average Bonchev–Trinajstić information content (AvgIpc) is 2.64. The summed E-state index contributed by atoms with van der Waals surface area (Å²) in [6, 6.07) is 10.9. The first-order chi connectivity index (χ1) is 13.0. The average molecular weight is 429 g/mol. The first-order valence-electron chi connectivity index (χ1n) is 8.06. The Bertz CT molecular complexity index is 770. The molecule has 144 valence electrons. The van der Waals surface area contributed by atoms with Crippen molar-refractivity contribution in [3.8, 4) is 0 Å². The summed E-state index contributed by atoms with van der Waals surface area (Å²) in [4.78, 5) is 22.0. The summed E-state index contributed by atoms with van der Waals surface area (Å²) in [6.07, 6.45) is 0. The summed E-state index contributed by atoms with van der Waals surface area (Å²) in [5, 5.41) is 13.8. The number of thioether (sulfide) groups is 2. The van der Waals surface area contributed by atoms with Crippen molar-refractivity contribution in [1.29, 1.82) is 0 Å². The molecule has 2 rings (SSSR count). The van der Waals surface area contributed by atoms with Crippen molar-refractivity contribution in [3.05, 3.63) is 74.5 Å². The van der Waals surface area contributed by atoms with Gasteiger partial charge in [0.2, 0.25) is 5.91 Å². The van der Waals surface area contributed by atoms with Crippen LogP contribution < -0.4 is 5.32 Å². The Hall–Kier alpha value is -1.77. The second-order valence-electron chi connectivity index (χ2n) is 5.52. The third-order valence-corrected chi connectivity index (χ3v) is 5.87. The number of carbonyl (C=O) groups is 1. The molecule has 0 radical (unpaired) electrons. The number of hydrogen-bond donors (Lipinski definition) is 1. The van der Waals surface area contributed by atoms with E-state index in [4.69, 9.17) is 11.6 Å². The molecule has 0 saturated carbocycles. The van der Waals surface area contributed by atoms with Crippen molar-refractivity contribution in [2.45, 2.75) is 11.5 Å². The summed E-state index contributed by atoms with van der Waals surface area (Å²) in [5.41, 5.74) is 1.46. The van der Waals surface area contributed by atoms with E-state index in [2.05, 4.69) is 5.32 Å². The largest absolute Gasteiger partial charge is 0.355 e. The van der Waals surface area contributed by atoms with Gasteiger partial charge in [-0.05, 0) is 17.7 Å². The minimum atomic E-state index is -0.442. The number of carbonyl (C=O) groups excluding carboxylic acids is 1. The second-order valence-corrected chi connectivity index (χ2v) is 8.02. The predicted molar refractivity (Wildman–Crippen MR) is 110 cm³/mol. The molecule has 27 heavy (non-hydrogen) atoms. The molecule has 5 nitrogen and oxygen atoms in total. The molecule has 0 aliphatic rings. The lowest BCUT2D eigenvalue weighted by atomic mass is 10.2. The Morgan fingerprint density at radius 1 is 1.15 bits per heavy atom. The van der Waals surface area contributed by atoms with Gasteiger partial charge in [-0.25, -0.2) is 4.39 Å². The van der Waals surface area contributed by atoms with Crippen LogP contribution in [0.15, 0.2) is 42.5 Å². The third kappa shape index (κ3) is 7.40. The summed E-state index contributed by atoms with van der Waals surface area (Å²) in [5.74, 6) is 1.63. The molecule has 0 fully saturated rings. The van der Waals surface area contributed by atoms with Gasteiger partial charge >= 0.3 is 0 Å². The van der Waals surface area contributed by atoms with Crippen LogP contribution in [-0.2, 0) is 16.3 Å². The molecule has 1 amide bonds. The number of amides is 1. The zero-order valence-corrected chi connectivity index (χ0v) is 16.7. The van der Waals surface area contributed by atoms with E-state index in [1.807, 2.05) is 0 Å². The smallest absolute Gasteiger partial charge is 0.269 e. The highest BCUT2D eigenvalue weighted by atomic mass is 35.5. The molecule has 0 unspecified atom stereocenters. The number of halogens is 2. The molecule has 2 aromatic carbocycles. The lowest BCUT2D eigenvalue weighted by Crippen LogP contribution is -2.27. The van der Waals surface area contributed by atoms with E-state index >= 15 is 0 Å². The van der Waals surface area contributed by atoms with Gasteiger partial charge in [-0.15, -0.1) is 11.8 Å². The summed E-state index contributed by atoms with van der Waals surface area (Å²) < 4.78 is 13.6. The van der Waals surface area contributed by atoms with E-state index < -0.39 is 4.92 Å². The number of hydrogen-bond acceptors (Lipinski definition) is 5. The molecule has 2 aromatic rings. The topological polar surface area (TPSA) is 72.2 Å². The Morgan fingerprint density at radius 3 is 2.56 bits per heavy atom. The van der Waals surface area contributed by atoms with Gasteiger partial charge in [-0.3, -0.25) is 14.9 Å². The van der Waals surface area contributed by atoms with Gasteiger partial charge in [0, 0.05) is 46.5 Å². The summed E-state index contributed by atoms with van der Waals surface area (Å²) in [6.45, 7) is 0.494. The Labute approximate surface area is 170 Å². The van der Waals surface area contributed by atoms with Crippen LogP contribution in [0.4, 0.5) is 10.1 Å². The lowest BCUT2D eigenvalue weighted by Gasteiger charge is -2.07. The van der Waals surface area contributed by atoms with Crippen molar-refractivity contribution >= 4 is 46.7 Å². The van der Waals surface area contributed by atoms with Crippen LogP contribution in [0, 0.1) is 15.9 Å². The first kappa shape index (κ1) is 21.5. The number of nitro groups is 1. The molecule has 0 atom stereocenters. The number of rotatable bonds is 10. The van der Waals surface area contributed by atoms with Gasteiger partial charge in [0.15, 0.2) is 0 Å².